The van der Waals surface area contributed by atoms with E-state index in [0.717, 1.165) is 10.4 Å². The third-order valence-corrected chi connectivity index (χ3v) is 6.16. The Kier molecular flexibility index (Phi) is 5.36. The van der Waals surface area contributed by atoms with E-state index < -0.39 is 10.0 Å². The first-order chi connectivity index (χ1) is 12.0. The molecule has 1 aromatic carbocycles. The van der Waals surface area contributed by atoms with Crippen LogP contribution in [0.2, 0.25) is 0 Å². The SMILES string of the molecule is CC(C)n1cc(S(=O)(=O)NCCc2ccccc2)c(-c2cccs2)n1. The van der Waals surface area contributed by atoms with Gasteiger partial charge in [0, 0.05) is 18.8 Å². The second-order valence-electron chi connectivity index (χ2n) is 6.03. The van der Waals surface area contributed by atoms with Gasteiger partial charge in [0.25, 0.3) is 0 Å². The van der Waals surface area contributed by atoms with Crippen LogP contribution in [-0.4, -0.2) is 24.7 Å². The van der Waals surface area contributed by atoms with Gasteiger partial charge in [-0.3, -0.25) is 4.68 Å². The van der Waals surface area contributed by atoms with Crippen LogP contribution in [0.25, 0.3) is 10.6 Å². The van der Waals surface area contributed by atoms with E-state index in [2.05, 4.69) is 9.82 Å². The molecule has 5 nitrogen and oxygen atoms in total. The van der Waals surface area contributed by atoms with Crippen molar-refractivity contribution in [3.05, 3.63) is 59.6 Å². The average Bonchev–Trinajstić information content (AvgIpc) is 3.25. The molecule has 0 atom stereocenters. The third-order valence-electron chi connectivity index (χ3n) is 3.82. The van der Waals surface area contributed by atoms with Gasteiger partial charge in [-0.05, 0) is 37.3 Å². The van der Waals surface area contributed by atoms with Crippen molar-refractivity contribution in [2.24, 2.45) is 0 Å². The molecule has 2 aromatic heterocycles. The minimum absolute atomic E-state index is 0.0898. The normalized spacial score (nSPS) is 12.0. The molecule has 0 unspecified atom stereocenters. The molecule has 7 heteroatoms. The van der Waals surface area contributed by atoms with Crippen LogP contribution in [0, 0.1) is 0 Å². The maximum atomic E-state index is 12.8. The smallest absolute Gasteiger partial charge is 0.244 e. The molecule has 0 saturated carbocycles. The number of hydrogen-bond donors (Lipinski definition) is 1. The molecule has 0 aliphatic heterocycles. The van der Waals surface area contributed by atoms with E-state index in [1.165, 1.54) is 11.3 Å². The van der Waals surface area contributed by atoms with E-state index in [1.807, 2.05) is 61.7 Å². The van der Waals surface area contributed by atoms with Crippen molar-refractivity contribution in [1.29, 1.82) is 0 Å². The topological polar surface area (TPSA) is 64.0 Å². The summed E-state index contributed by atoms with van der Waals surface area (Å²) < 4.78 is 30.0. The molecule has 3 rings (SSSR count). The van der Waals surface area contributed by atoms with Crippen LogP contribution in [0.3, 0.4) is 0 Å². The molecule has 0 bridgehead atoms. The Morgan fingerprint density at radius 1 is 1.16 bits per heavy atom. The van der Waals surface area contributed by atoms with E-state index in [1.54, 1.807) is 10.9 Å². The minimum Gasteiger partial charge on any atom is -0.268 e. The van der Waals surface area contributed by atoms with Gasteiger partial charge in [-0.25, -0.2) is 13.1 Å². The fourth-order valence-corrected chi connectivity index (χ4v) is 4.44. The molecule has 2 heterocycles. The zero-order chi connectivity index (χ0) is 17.9. The van der Waals surface area contributed by atoms with Crippen LogP contribution >= 0.6 is 11.3 Å². The number of rotatable bonds is 7. The Morgan fingerprint density at radius 2 is 1.92 bits per heavy atom. The van der Waals surface area contributed by atoms with Crippen molar-refractivity contribution >= 4 is 21.4 Å². The van der Waals surface area contributed by atoms with E-state index in [-0.39, 0.29) is 10.9 Å². The van der Waals surface area contributed by atoms with Crippen LogP contribution in [-0.2, 0) is 16.4 Å². The first-order valence-corrected chi connectivity index (χ1v) is 10.5. The second-order valence-corrected chi connectivity index (χ2v) is 8.71. The van der Waals surface area contributed by atoms with E-state index in [4.69, 9.17) is 0 Å². The molecule has 0 spiro atoms. The van der Waals surface area contributed by atoms with Crippen LogP contribution in [0.15, 0.2) is 58.9 Å². The van der Waals surface area contributed by atoms with Crippen molar-refractivity contribution in [3.63, 3.8) is 0 Å². The van der Waals surface area contributed by atoms with Crippen molar-refractivity contribution in [1.82, 2.24) is 14.5 Å². The number of nitrogens with zero attached hydrogens (tertiary/aromatic N) is 2. The maximum Gasteiger partial charge on any atom is 0.244 e. The maximum absolute atomic E-state index is 12.8. The van der Waals surface area contributed by atoms with Crippen molar-refractivity contribution in [2.45, 2.75) is 31.2 Å². The van der Waals surface area contributed by atoms with Gasteiger partial charge in [0.1, 0.15) is 10.6 Å². The summed E-state index contributed by atoms with van der Waals surface area (Å²) in [6.45, 7) is 4.30. The Hall–Kier alpha value is -1.96. The van der Waals surface area contributed by atoms with Crippen LogP contribution in [0.1, 0.15) is 25.5 Å². The van der Waals surface area contributed by atoms with Crippen LogP contribution < -0.4 is 4.72 Å². The Balaban J connectivity index is 1.83. The minimum atomic E-state index is -3.63. The quantitative estimate of drug-likeness (QED) is 0.685. The summed E-state index contributed by atoms with van der Waals surface area (Å²) in [5.74, 6) is 0. The number of thiophene rings is 1. The molecular formula is C18H21N3O2S2. The van der Waals surface area contributed by atoms with Crippen molar-refractivity contribution in [2.75, 3.05) is 6.54 Å². The number of hydrogen-bond acceptors (Lipinski definition) is 4. The van der Waals surface area contributed by atoms with E-state index in [0.29, 0.717) is 18.7 Å². The molecule has 0 fully saturated rings. The first kappa shape index (κ1) is 17.8. The zero-order valence-electron chi connectivity index (χ0n) is 14.2. The highest BCUT2D eigenvalue weighted by atomic mass is 32.2. The van der Waals surface area contributed by atoms with Crippen molar-refractivity contribution in [3.8, 4) is 10.6 Å². The van der Waals surface area contributed by atoms with Gasteiger partial charge in [0.2, 0.25) is 10.0 Å². The van der Waals surface area contributed by atoms with Crippen LogP contribution in [0.5, 0.6) is 0 Å². The molecule has 0 radical (unpaired) electrons. The van der Waals surface area contributed by atoms with E-state index >= 15 is 0 Å². The monoisotopic (exact) mass is 375 g/mol. The van der Waals surface area contributed by atoms with Gasteiger partial charge >= 0.3 is 0 Å². The summed E-state index contributed by atoms with van der Waals surface area (Å²) in [6.07, 6.45) is 2.26. The number of benzene rings is 1. The number of aromatic nitrogens is 2. The van der Waals surface area contributed by atoms with Gasteiger partial charge in [-0.15, -0.1) is 11.3 Å². The molecule has 25 heavy (non-hydrogen) atoms. The molecule has 3 aromatic rings. The highest BCUT2D eigenvalue weighted by Crippen LogP contribution is 2.30. The molecule has 132 valence electrons. The standard InChI is InChI=1S/C18H21N3O2S2/c1-14(2)21-13-17(18(20-21)16-9-6-12-24-16)25(22,23)19-11-10-15-7-4-3-5-8-15/h3-9,12-14,19H,10-11H2,1-2H3. The lowest BCUT2D eigenvalue weighted by atomic mass is 10.2. The average molecular weight is 376 g/mol. The Labute approximate surface area is 152 Å². The first-order valence-electron chi connectivity index (χ1n) is 8.14. The predicted molar refractivity (Wildman–Crippen MR) is 101 cm³/mol. The Bertz CT molecular complexity index is 915. The molecule has 0 amide bonds. The number of sulfonamides is 1. The summed E-state index contributed by atoms with van der Waals surface area (Å²) in [7, 11) is -3.63. The summed E-state index contributed by atoms with van der Waals surface area (Å²) in [6, 6.07) is 13.7. The molecule has 0 aliphatic carbocycles. The zero-order valence-corrected chi connectivity index (χ0v) is 15.8. The van der Waals surface area contributed by atoms with Gasteiger partial charge in [-0.1, -0.05) is 36.4 Å². The molecule has 0 saturated heterocycles. The highest BCUT2D eigenvalue weighted by Gasteiger charge is 2.24. The lowest BCUT2D eigenvalue weighted by Gasteiger charge is -2.06. The van der Waals surface area contributed by atoms with E-state index in [9.17, 15) is 8.42 Å². The fourth-order valence-electron chi connectivity index (χ4n) is 2.47. The highest BCUT2D eigenvalue weighted by molar-refractivity contribution is 7.89. The lowest BCUT2D eigenvalue weighted by molar-refractivity contribution is 0.532. The summed E-state index contributed by atoms with van der Waals surface area (Å²) in [4.78, 5) is 1.08. The Morgan fingerprint density at radius 3 is 2.56 bits per heavy atom. The van der Waals surface area contributed by atoms with Crippen LogP contribution in [0.4, 0.5) is 0 Å². The van der Waals surface area contributed by atoms with Gasteiger partial charge in [0.15, 0.2) is 0 Å². The summed E-state index contributed by atoms with van der Waals surface area (Å²) >= 11 is 1.48. The largest absolute Gasteiger partial charge is 0.268 e. The summed E-state index contributed by atoms with van der Waals surface area (Å²) in [5.41, 5.74) is 1.61. The fraction of sp³-hybridized carbons (Fsp3) is 0.278. The lowest BCUT2D eigenvalue weighted by Crippen LogP contribution is -2.26. The number of nitrogens with one attached hydrogen (secondary N) is 1. The molecule has 1 N–H and O–H groups in total. The van der Waals surface area contributed by atoms with Gasteiger partial charge in [0.05, 0.1) is 4.88 Å². The molecule has 0 aliphatic rings. The molecular weight excluding hydrogens is 354 g/mol. The summed E-state index contributed by atoms with van der Waals surface area (Å²) in [5, 5.41) is 6.41. The van der Waals surface area contributed by atoms with Gasteiger partial charge in [-0.2, -0.15) is 5.10 Å². The predicted octanol–water partition coefficient (Wildman–Crippen LogP) is 3.71. The van der Waals surface area contributed by atoms with Crippen molar-refractivity contribution < 1.29 is 8.42 Å². The second kappa shape index (κ2) is 7.51. The van der Waals surface area contributed by atoms with Gasteiger partial charge < -0.3 is 0 Å². The third kappa shape index (κ3) is 4.18.